The van der Waals surface area contributed by atoms with Crippen LogP contribution in [-0.2, 0) is 15.6 Å². The summed E-state index contributed by atoms with van der Waals surface area (Å²) in [6.45, 7) is 0. The first-order chi connectivity index (χ1) is 6.96. The number of sulfone groups is 1. The van der Waals surface area contributed by atoms with Crippen LogP contribution in [0.2, 0.25) is 5.02 Å². The summed E-state index contributed by atoms with van der Waals surface area (Å²) in [5.41, 5.74) is 1.09. The lowest BCUT2D eigenvalue weighted by Crippen LogP contribution is -2.00. The van der Waals surface area contributed by atoms with Gasteiger partial charge in [0.25, 0.3) is 0 Å². The molecule has 2 rings (SSSR count). The Hall–Kier alpha value is -1.07. The summed E-state index contributed by atoms with van der Waals surface area (Å²) < 4.78 is 23.9. The van der Waals surface area contributed by atoms with Crippen molar-refractivity contribution in [3.05, 3.63) is 35.2 Å². The van der Waals surface area contributed by atoms with Crippen molar-refractivity contribution in [2.75, 3.05) is 6.26 Å². The van der Waals surface area contributed by atoms with E-state index in [2.05, 4.69) is 4.98 Å². The lowest BCUT2D eigenvalue weighted by molar-refractivity contribution is 0.600. The van der Waals surface area contributed by atoms with Crippen molar-refractivity contribution >= 4 is 27.1 Å². The van der Waals surface area contributed by atoms with Crippen molar-refractivity contribution in [2.24, 2.45) is 0 Å². The predicted molar refractivity (Wildman–Crippen MR) is 58.7 cm³/mol. The van der Waals surface area contributed by atoms with Crippen molar-refractivity contribution in [1.29, 1.82) is 0 Å². The number of pyridine rings is 1. The van der Waals surface area contributed by atoms with Gasteiger partial charge in [-0.05, 0) is 12.1 Å². The first-order valence-corrected chi connectivity index (χ1v) is 6.69. The van der Waals surface area contributed by atoms with E-state index < -0.39 is 9.84 Å². The largest absolute Gasteiger partial charge is 0.306 e. The maximum Gasteiger partial charge on any atom is 0.155 e. The van der Waals surface area contributed by atoms with Crippen LogP contribution in [0.15, 0.2) is 24.5 Å². The summed E-state index contributed by atoms with van der Waals surface area (Å²) >= 11 is 5.91. The zero-order valence-corrected chi connectivity index (χ0v) is 9.59. The molecule has 0 aliphatic heterocycles. The van der Waals surface area contributed by atoms with Gasteiger partial charge in [-0.2, -0.15) is 0 Å². The van der Waals surface area contributed by atoms with Gasteiger partial charge in [-0.15, -0.1) is 0 Å². The first kappa shape index (κ1) is 10.4. The van der Waals surface area contributed by atoms with Gasteiger partial charge in [0.1, 0.15) is 0 Å². The molecule has 0 unspecified atom stereocenters. The van der Waals surface area contributed by atoms with Crippen LogP contribution in [0, 0.1) is 0 Å². The van der Waals surface area contributed by atoms with E-state index in [9.17, 15) is 8.42 Å². The highest BCUT2D eigenvalue weighted by Crippen LogP contribution is 2.16. The fraction of sp³-hybridized carbons (Fsp3) is 0.222. The van der Waals surface area contributed by atoms with Crippen LogP contribution in [0.1, 0.15) is 5.69 Å². The molecule has 2 aromatic rings. The summed E-state index contributed by atoms with van der Waals surface area (Å²) in [7, 11) is -3.06. The molecular formula is C9H9ClN2O2S. The van der Waals surface area contributed by atoms with E-state index in [0.717, 1.165) is 0 Å². The van der Waals surface area contributed by atoms with E-state index in [1.807, 2.05) is 0 Å². The van der Waals surface area contributed by atoms with Crippen molar-refractivity contribution in [3.63, 3.8) is 0 Å². The van der Waals surface area contributed by atoms with Gasteiger partial charge in [0.2, 0.25) is 0 Å². The number of fused-ring (bicyclic) bond motifs is 1. The standard InChI is InChI=1S/C9H9ClN2O2S/c1-15(13,14)6-7-5-12-4-2-3-8(10)9(12)11-7/h2-5H,6H2,1H3. The van der Waals surface area contributed by atoms with Gasteiger partial charge in [-0.1, -0.05) is 11.6 Å². The molecule has 0 bridgehead atoms. The van der Waals surface area contributed by atoms with E-state index in [4.69, 9.17) is 11.6 Å². The van der Waals surface area contributed by atoms with Crippen molar-refractivity contribution in [3.8, 4) is 0 Å². The SMILES string of the molecule is CS(=O)(=O)Cc1cn2cccc(Cl)c2n1. The van der Waals surface area contributed by atoms with Crippen molar-refractivity contribution in [1.82, 2.24) is 9.38 Å². The molecule has 0 atom stereocenters. The summed E-state index contributed by atoms with van der Waals surface area (Å²) in [4.78, 5) is 4.15. The molecular weight excluding hydrogens is 236 g/mol. The van der Waals surface area contributed by atoms with Gasteiger partial charge in [-0.25, -0.2) is 13.4 Å². The van der Waals surface area contributed by atoms with Gasteiger partial charge in [0, 0.05) is 18.6 Å². The molecule has 6 heteroatoms. The summed E-state index contributed by atoms with van der Waals surface area (Å²) in [6.07, 6.45) is 4.63. The number of nitrogens with zero attached hydrogens (tertiary/aromatic N) is 2. The van der Waals surface area contributed by atoms with Crippen LogP contribution in [0.5, 0.6) is 0 Å². The lowest BCUT2D eigenvalue weighted by Gasteiger charge is -1.92. The number of imidazole rings is 1. The van der Waals surface area contributed by atoms with Gasteiger partial charge in [0.15, 0.2) is 15.5 Å². The normalized spacial score (nSPS) is 12.1. The molecule has 2 aromatic heterocycles. The third-order valence-corrected chi connectivity index (χ3v) is 3.01. The third-order valence-electron chi connectivity index (χ3n) is 1.90. The Morgan fingerprint density at radius 1 is 1.53 bits per heavy atom. The molecule has 0 aliphatic rings. The second-order valence-electron chi connectivity index (χ2n) is 3.39. The van der Waals surface area contributed by atoms with Crippen LogP contribution in [0.4, 0.5) is 0 Å². The second kappa shape index (κ2) is 3.50. The molecule has 0 saturated heterocycles. The minimum atomic E-state index is -3.06. The fourth-order valence-corrected chi connectivity index (χ4v) is 2.26. The van der Waals surface area contributed by atoms with E-state index in [0.29, 0.717) is 16.4 Å². The average molecular weight is 245 g/mol. The fourth-order valence-electron chi connectivity index (χ4n) is 1.37. The molecule has 0 amide bonds. The van der Waals surface area contributed by atoms with Gasteiger partial charge < -0.3 is 4.40 Å². The zero-order valence-electron chi connectivity index (χ0n) is 8.01. The molecule has 0 spiro atoms. The van der Waals surface area contributed by atoms with E-state index in [1.165, 1.54) is 6.26 Å². The molecule has 0 fully saturated rings. The Morgan fingerprint density at radius 2 is 2.27 bits per heavy atom. The molecule has 4 nitrogen and oxygen atoms in total. The van der Waals surface area contributed by atoms with Crippen LogP contribution in [0.25, 0.3) is 5.65 Å². The highest BCUT2D eigenvalue weighted by molar-refractivity contribution is 7.89. The van der Waals surface area contributed by atoms with Crippen molar-refractivity contribution < 1.29 is 8.42 Å². The van der Waals surface area contributed by atoms with E-state index in [-0.39, 0.29) is 5.75 Å². The topological polar surface area (TPSA) is 51.4 Å². The molecule has 15 heavy (non-hydrogen) atoms. The minimum absolute atomic E-state index is 0.0645. The smallest absolute Gasteiger partial charge is 0.155 e. The van der Waals surface area contributed by atoms with E-state index >= 15 is 0 Å². The highest BCUT2D eigenvalue weighted by atomic mass is 35.5. The Kier molecular flexibility index (Phi) is 2.44. The van der Waals surface area contributed by atoms with Crippen LogP contribution in [0.3, 0.4) is 0 Å². The average Bonchev–Trinajstić information content (AvgIpc) is 2.45. The number of halogens is 1. The molecule has 0 aliphatic carbocycles. The summed E-state index contributed by atoms with van der Waals surface area (Å²) in [5.74, 6) is -0.0645. The number of aromatic nitrogens is 2. The van der Waals surface area contributed by atoms with Crippen molar-refractivity contribution in [2.45, 2.75) is 5.75 Å². The monoisotopic (exact) mass is 244 g/mol. The predicted octanol–water partition coefficient (Wildman–Crippen LogP) is 1.53. The lowest BCUT2D eigenvalue weighted by atomic mass is 10.5. The Balaban J connectivity index is 2.53. The van der Waals surface area contributed by atoms with Gasteiger partial charge in [0.05, 0.1) is 16.5 Å². The highest BCUT2D eigenvalue weighted by Gasteiger charge is 2.09. The van der Waals surface area contributed by atoms with Gasteiger partial charge in [-0.3, -0.25) is 0 Å². The summed E-state index contributed by atoms with van der Waals surface area (Å²) in [6, 6.07) is 3.50. The molecule has 0 aromatic carbocycles. The maximum absolute atomic E-state index is 11.1. The number of hydrogen-bond donors (Lipinski definition) is 0. The van der Waals surface area contributed by atoms with Gasteiger partial charge >= 0.3 is 0 Å². The maximum atomic E-state index is 11.1. The van der Waals surface area contributed by atoms with Crippen LogP contribution >= 0.6 is 11.6 Å². The third kappa shape index (κ3) is 2.30. The number of rotatable bonds is 2. The Labute approximate surface area is 92.4 Å². The molecule has 0 saturated carbocycles. The number of hydrogen-bond acceptors (Lipinski definition) is 3. The van der Waals surface area contributed by atoms with Crippen LogP contribution < -0.4 is 0 Å². The Bertz CT molecular complexity index is 604. The molecule has 0 N–H and O–H groups in total. The molecule has 0 radical (unpaired) electrons. The quantitative estimate of drug-likeness (QED) is 0.805. The zero-order chi connectivity index (χ0) is 11.1. The Morgan fingerprint density at radius 3 is 2.87 bits per heavy atom. The van der Waals surface area contributed by atoms with Crippen LogP contribution in [-0.4, -0.2) is 24.1 Å². The molecule has 80 valence electrons. The minimum Gasteiger partial charge on any atom is -0.306 e. The second-order valence-corrected chi connectivity index (χ2v) is 5.94. The van der Waals surface area contributed by atoms with E-state index in [1.54, 1.807) is 28.9 Å². The first-order valence-electron chi connectivity index (χ1n) is 4.25. The molecule has 2 heterocycles. The summed E-state index contributed by atoms with van der Waals surface area (Å²) in [5, 5.41) is 0.511.